The predicted octanol–water partition coefficient (Wildman–Crippen LogP) is 2.85. The van der Waals surface area contributed by atoms with Gasteiger partial charge in [0, 0.05) is 0 Å². The van der Waals surface area contributed by atoms with Crippen molar-refractivity contribution in [3.63, 3.8) is 0 Å². The number of hydrogen-bond donors (Lipinski definition) is 2. The van der Waals surface area contributed by atoms with Crippen molar-refractivity contribution in [3.8, 4) is 11.5 Å². The molecule has 0 bridgehead atoms. The van der Waals surface area contributed by atoms with Gasteiger partial charge < -0.3 is 14.8 Å². The lowest BCUT2D eigenvalue weighted by molar-refractivity contribution is 0.273. The molecule has 0 radical (unpaired) electrons. The lowest BCUT2D eigenvalue weighted by Gasteiger charge is -2.05. The van der Waals surface area contributed by atoms with Crippen LogP contribution in [0.4, 0.5) is 0 Å². The monoisotopic (exact) mass is 240 g/mol. The number of nitrogens with zero attached hydrogens (tertiary/aromatic N) is 1. The Morgan fingerprint density at radius 2 is 1.89 bits per heavy atom. The maximum atomic E-state index is 9.08. The number of benzene rings is 2. The van der Waals surface area contributed by atoms with Crippen molar-refractivity contribution in [3.05, 3.63) is 54.4 Å². The van der Waals surface area contributed by atoms with Crippen molar-refractivity contribution in [1.29, 1.82) is 0 Å². The van der Waals surface area contributed by atoms with Crippen molar-refractivity contribution in [2.45, 2.75) is 6.61 Å². The zero-order valence-corrected chi connectivity index (χ0v) is 9.63. The van der Waals surface area contributed by atoms with Crippen LogP contribution in [0.1, 0.15) is 5.82 Å². The normalized spacial score (nSPS) is 10.7. The Kier molecular flexibility index (Phi) is 2.70. The Morgan fingerprint density at radius 1 is 1.06 bits per heavy atom. The van der Waals surface area contributed by atoms with E-state index in [-0.39, 0.29) is 6.61 Å². The summed E-state index contributed by atoms with van der Waals surface area (Å²) in [5, 5.41) is 9.08. The molecule has 0 spiro atoms. The Morgan fingerprint density at radius 3 is 2.67 bits per heavy atom. The quantitative estimate of drug-likeness (QED) is 0.740. The first kappa shape index (κ1) is 10.8. The second-order valence-corrected chi connectivity index (χ2v) is 3.91. The molecule has 0 amide bonds. The van der Waals surface area contributed by atoms with E-state index in [4.69, 9.17) is 9.84 Å². The van der Waals surface area contributed by atoms with E-state index in [1.807, 2.05) is 48.5 Å². The van der Waals surface area contributed by atoms with E-state index in [1.54, 1.807) is 0 Å². The van der Waals surface area contributed by atoms with Crippen LogP contribution in [0.3, 0.4) is 0 Å². The van der Waals surface area contributed by atoms with E-state index < -0.39 is 0 Å². The number of ether oxygens (including phenoxy) is 1. The highest BCUT2D eigenvalue weighted by Gasteiger charge is 2.08. The number of aromatic nitrogens is 2. The number of aromatic amines is 1. The van der Waals surface area contributed by atoms with Gasteiger partial charge in [-0.1, -0.05) is 24.3 Å². The number of fused-ring (bicyclic) bond motifs is 1. The molecule has 18 heavy (non-hydrogen) atoms. The molecular formula is C14H12N2O2. The summed E-state index contributed by atoms with van der Waals surface area (Å²) in [7, 11) is 0. The van der Waals surface area contributed by atoms with E-state index in [0.29, 0.717) is 11.6 Å². The van der Waals surface area contributed by atoms with Gasteiger partial charge in [0.2, 0.25) is 0 Å². The van der Waals surface area contributed by atoms with Crippen LogP contribution in [0.2, 0.25) is 0 Å². The van der Waals surface area contributed by atoms with Crippen LogP contribution in [0.15, 0.2) is 48.5 Å². The highest BCUT2D eigenvalue weighted by molar-refractivity contribution is 5.82. The summed E-state index contributed by atoms with van der Waals surface area (Å²) in [4.78, 5) is 7.33. The third-order valence-corrected chi connectivity index (χ3v) is 2.65. The summed E-state index contributed by atoms with van der Waals surface area (Å²) in [5.74, 6) is 1.97. The van der Waals surface area contributed by atoms with E-state index >= 15 is 0 Å². The number of hydrogen-bond acceptors (Lipinski definition) is 3. The van der Waals surface area contributed by atoms with Crippen LogP contribution in [-0.2, 0) is 6.61 Å². The smallest absolute Gasteiger partial charge is 0.155 e. The predicted molar refractivity (Wildman–Crippen MR) is 68.5 cm³/mol. The number of aliphatic hydroxyl groups excluding tert-OH is 1. The van der Waals surface area contributed by atoms with Gasteiger partial charge in [0.15, 0.2) is 5.75 Å². The third-order valence-electron chi connectivity index (χ3n) is 2.65. The standard InChI is InChI=1S/C14H12N2O2/c17-9-13-15-11-7-4-8-12(14(11)16-13)18-10-5-2-1-3-6-10/h1-8,17H,9H2,(H,15,16). The molecule has 0 aliphatic carbocycles. The minimum atomic E-state index is -0.112. The largest absolute Gasteiger partial charge is 0.455 e. The van der Waals surface area contributed by atoms with Gasteiger partial charge in [-0.3, -0.25) is 0 Å². The fourth-order valence-corrected chi connectivity index (χ4v) is 1.83. The SMILES string of the molecule is OCc1nc2c(Oc3ccccc3)cccc2[nH]1. The van der Waals surface area contributed by atoms with Crippen molar-refractivity contribution >= 4 is 11.0 Å². The first-order chi connectivity index (χ1) is 8.86. The van der Waals surface area contributed by atoms with Crippen molar-refractivity contribution < 1.29 is 9.84 Å². The molecule has 0 aliphatic heterocycles. The summed E-state index contributed by atoms with van der Waals surface area (Å²) in [6.07, 6.45) is 0. The molecule has 0 saturated heterocycles. The molecular weight excluding hydrogens is 228 g/mol. The molecule has 2 N–H and O–H groups in total. The van der Waals surface area contributed by atoms with E-state index in [9.17, 15) is 0 Å². The van der Waals surface area contributed by atoms with Gasteiger partial charge in [0.05, 0.1) is 5.52 Å². The number of nitrogens with one attached hydrogen (secondary N) is 1. The van der Waals surface area contributed by atoms with Crippen LogP contribution in [0.25, 0.3) is 11.0 Å². The average molecular weight is 240 g/mol. The highest BCUT2D eigenvalue weighted by atomic mass is 16.5. The Hall–Kier alpha value is -2.33. The maximum Gasteiger partial charge on any atom is 0.155 e. The summed E-state index contributed by atoms with van der Waals surface area (Å²) in [6.45, 7) is -0.112. The summed E-state index contributed by atoms with van der Waals surface area (Å²) in [5.41, 5.74) is 1.58. The van der Waals surface area contributed by atoms with Crippen molar-refractivity contribution in [2.75, 3.05) is 0 Å². The second-order valence-electron chi connectivity index (χ2n) is 3.91. The molecule has 0 fully saturated rings. The summed E-state index contributed by atoms with van der Waals surface area (Å²) >= 11 is 0. The number of aliphatic hydroxyl groups is 1. The number of H-pyrrole nitrogens is 1. The van der Waals surface area contributed by atoms with Crippen LogP contribution >= 0.6 is 0 Å². The Labute approximate surface area is 104 Å². The molecule has 3 rings (SSSR count). The van der Waals surface area contributed by atoms with Crippen LogP contribution in [-0.4, -0.2) is 15.1 Å². The van der Waals surface area contributed by atoms with Gasteiger partial charge in [0.1, 0.15) is 23.7 Å². The molecule has 4 heteroatoms. The Balaban J connectivity index is 2.03. The molecule has 1 aromatic heterocycles. The molecule has 4 nitrogen and oxygen atoms in total. The molecule has 0 atom stereocenters. The van der Waals surface area contributed by atoms with Gasteiger partial charge in [-0.2, -0.15) is 0 Å². The van der Waals surface area contributed by atoms with Gasteiger partial charge in [-0.05, 0) is 24.3 Å². The molecule has 3 aromatic rings. The maximum absolute atomic E-state index is 9.08. The second kappa shape index (κ2) is 4.50. The minimum Gasteiger partial charge on any atom is -0.455 e. The fourth-order valence-electron chi connectivity index (χ4n) is 1.83. The zero-order chi connectivity index (χ0) is 12.4. The number of rotatable bonds is 3. The van der Waals surface area contributed by atoms with Crippen LogP contribution in [0, 0.1) is 0 Å². The Bertz CT molecular complexity index is 662. The van der Waals surface area contributed by atoms with Gasteiger partial charge in [0.25, 0.3) is 0 Å². The van der Waals surface area contributed by atoms with Gasteiger partial charge >= 0.3 is 0 Å². The molecule has 0 saturated carbocycles. The lowest BCUT2D eigenvalue weighted by atomic mass is 10.3. The highest BCUT2D eigenvalue weighted by Crippen LogP contribution is 2.28. The third kappa shape index (κ3) is 1.94. The molecule has 1 heterocycles. The van der Waals surface area contributed by atoms with Gasteiger partial charge in [-0.15, -0.1) is 0 Å². The van der Waals surface area contributed by atoms with E-state index in [0.717, 1.165) is 16.8 Å². The summed E-state index contributed by atoms with van der Waals surface area (Å²) in [6, 6.07) is 15.2. The molecule has 0 unspecified atom stereocenters. The molecule has 2 aromatic carbocycles. The van der Waals surface area contributed by atoms with Crippen LogP contribution < -0.4 is 4.74 Å². The van der Waals surface area contributed by atoms with Crippen molar-refractivity contribution in [2.24, 2.45) is 0 Å². The lowest BCUT2D eigenvalue weighted by Crippen LogP contribution is -1.86. The topological polar surface area (TPSA) is 58.1 Å². The van der Waals surface area contributed by atoms with Crippen molar-refractivity contribution in [1.82, 2.24) is 9.97 Å². The van der Waals surface area contributed by atoms with E-state index in [2.05, 4.69) is 9.97 Å². The number of para-hydroxylation sites is 2. The molecule has 0 aliphatic rings. The zero-order valence-electron chi connectivity index (χ0n) is 9.63. The molecule has 90 valence electrons. The van der Waals surface area contributed by atoms with Gasteiger partial charge in [-0.25, -0.2) is 4.98 Å². The first-order valence-corrected chi connectivity index (χ1v) is 5.68. The average Bonchev–Trinajstić information content (AvgIpc) is 2.84. The summed E-state index contributed by atoms with van der Waals surface area (Å²) < 4.78 is 5.79. The minimum absolute atomic E-state index is 0.112. The fraction of sp³-hybridized carbons (Fsp3) is 0.0714. The van der Waals surface area contributed by atoms with Crippen LogP contribution in [0.5, 0.6) is 11.5 Å². The number of imidazole rings is 1. The first-order valence-electron chi connectivity index (χ1n) is 5.68. The van der Waals surface area contributed by atoms with E-state index in [1.165, 1.54) is 0 Å².